The molecule has 2 heterocycles. The summed E-state index contributed by atoms with van der Waals surface area (Å²) in [6, 6.07) is 20.8. The van der Waals surface area contributed by atoms with Crippen LogP contribution in [0, 0.1) is 0 Å². The van der Waals surface area contributed by atoms with E-state index in [9.17, 15) is 9.90 Å². The third kappa shape index (κ3) is 3.63. The summed E-state index contributed by atoms with van der Waals surface area (Å²) in [5, 5.41) is 16.5. The van der Waals surface area contributed by atoms with Crippen molar-refractivity contribution in [2.24, 2.45) is 0 Å². The molecule has 0 aliphatic carbocycles. The minimum Gasteiger partial charge on any atom is -0.542 e. The Bertz CT molecular complexity index is 1020. The third-order valence-corrected chi connectivity index (χ3v) is 3.87. The number of nitrogens with zero attached hydrogens (tertiary/aromatic N) is 2. The Morgan fingerprint density at radius 1 is 1.00 bits per heavy atom. The largest absolute Gasteiger partial charge is 1.00 e. The Hall–Kier alpha value is -1.70. The molecule has 2 aromatic heterocycles. The predicted molar refractivity (Wildman–Crippen MR) is 87.3 cm³/mol. The normalized spacial score (nSPS) is 10.6. The van der Waals surface area contributed by atoms with Gasteiger partial charge in [-0.25, -0.2) is 0 Å². The van der Waals surface area contributed by atoms with E-state index in [0.717, 1.165) is 16.5 Å². The second-order valence-electron chi connectivity index (χ2n) is 5.46. The van der Waals surface area contributed by atoms with Gasteiger partial charge in [-0.2, -0.15) is 5.10 Å². The van der Waals surface area contributed by atoms with Gasteiger partial charge in [0.05, 0.1) is 12.1 Å². The first-order valence-corrected chi connectivity index (χ1v) is 7.53. The number of carboxylic acid groups (broad SMARTS) is 1. The number of furan rings is 1. The number of benzene rings is 2. The van der Waals surface area contributed by atoms with E-state index in [1.54, 1.807) is 6.07 Å². The maximum atomic E-state index is 10.9. The van der Waals surface area contributed by atoms with Crippen LogP contribution in [0.3, 0.4) is 0 Å². The van der Waals surface area contributed by atoms with Crippen molar-refractivity contribution >= 4 is 16.9 Å². The van der Waals surface area contributed by atoms with Gasteiger partial charge in [-0.15, -0.1) is 0 Å². The number of hydrogen-bond donors (Lipinski definition) is 0. The maximum Gasteiger partial charge on any atom is 1.00 e. The molecule has 0 radical (unpaired) electrons. The molecule has 6 heteroatoms. The number of hydrogen-bond acceptors (Lipinski definition) is 4. The van der Waals surface area contributed by atoms with Gasteiger partial charge in [-0.3, -0.25) is 4.68 Å². The van der Waals surface area contributed by atoms with Crippen molar-refractivity contribution in [1.82, 2.24) is 9.78 Å². The van der Waals surface area contributed by atoms with Crippen LogP contribution in [-0.4, -0.2) is 15.7 Å². The van der Waals surface area contributed by atoms with Crippen LogP contribution in [0.1, 0.15) is 16.1 Å². The van der Waals surface area contributed by atoms with Crippen molar-refractivity contribution < 1.29 is 65.7 Å². The Labute approximate surface area is 186 Å². The molecule has 2 aromatic carbocycles. The van der Waals surface area contributed by atoms with Crippen LogP contribution in [0.15, 0.2) is 71.1 Å². The fraction of sp³-hybridized carbons (Fsp3) is 0.0526. The van der Waals surface area contributed by atoms with E-state index in [1.807, 2.05) is 59.3 Å². The maximum absolute atomic E-state index is 10.9. The Morgan fingerprint density at radius 2 is 1.72 bits per heavy atom. The smallest absolute Gasteiger partial charge is 0.542 e. The second kappa shape index (κ2) is 7.68. The molecule has 0 atom stereocenters. The average Bonchev–Trinajstić information content (AvgIpc) is 3.21. The molecule has 0 aliphatic rings. The van der Waals surface area contributed by atoms with Gasteiger partial charge in [0, 0.05) is 5.39 Å². The molecule has 0 saturated carbocycles. The Balaban J connectivity index is 0.00000182. The van der Waals surface area contributed by atoms with Crippen molar-refractivity contribution in [3.63, 3.8) is 0 Å². The number of aromatic nitrogens is 2. The number of carboxylic acids is 1. The van der Waals surface area contributed by atoms with Crippen molar-refractivity contribution in [3.8, 4) is 11.5 Å². The van der Waals surface area contributed by atoms with Gasteiger partial charge in [-0.05, 0) is 23.8 Å². The molecule has 0 saturated heterocycles. The van der Waals surface area contributed by atoms with Gasteiger partial charge >= 0.3 is 51.4 Å². The zero-order valence-corrected chi connectivity index (χ0v) is 16.8. The zero-order valence-electron chi connectivity index (χ0n) is 13.7. The summed E-state index contributed by atoms with van der Waals surface area (Å²) in [5.74, 6) is -1.13. The van der Waals surface area contributed by atoms with Gasteiger partial charge in [-0.1, -0.05) is 48.5 Å². The van der Waals surface area contributed by atoms with Crippen molar-refractivity contribution in [2.45, 2.75) is 6.54 Å². The summed E-state index contributed by atoms with van der Waals surface area (Å²) >= 11 is 0. The molecule has 0 aliphatic heterocycles. The molecular formula is C19H13KN2O3. The minimum absolute atomic E-state index is 0. The summed E-state index contributed by atoms with van der Waals surface area (Å²) in [6.07, 6.45) is 0. The van der Waals surface area contributed by atoms with Gasteiger partial charge in [0.1, 0.15) is 17.4 Å². The summed E-state index contributed by atoms with van der Waals surface area (Å²) < 4.78 is 7.25. The zero-order chi connectivity index (χ0) is 16.5. The number of aromatic carboxylic acids is 1. The van der Waals surface area contributed by atoms with E-state index in [-0.39, 0.29) is 57.1 Å². The van der Waals surface area contributed by atoms with Gasteiger partial charge in [0.2, 0.25) is 0 Å². The number of fused-ring (bicyclic) bond motifs is 1. The molecule has 25 heavy (non-hydrogen) atoms. The summed E-state index contributed by atoms with van der Waals surface area (Å²) in [6.45, 7) is 0.620. The molecular weight excluding hydrogens is 343 g/mol. The molecule has 118 valence electrons. The Kier molecular flexibility index (Phi) is 5.56. The second-order valence-corrected chi connectivity index (χ2v) is 5.46. The van der Waals surface area contributed by atoms with Crippen molar-refractivity contribution in [2.75, 3.05) is 0 Å². The number of carbonyl (C=O) groups excluding carboxylic acids is 1. The first-order valence-electron chi connectivity index (χ1n) is 7.53. The van der Waals surface area contributed by atoms with Gasteiger partial charge in [0.15, 0.2) is 5.76 Å². The average molecular weight is 356 g/mol. The molecule has 0 fully saturated rings. The van der Waals surface area contributed by atoms with E-state index >= 15 is 0 Å². The number of carbonyl (C=O) groups is 1. The number of rotatable bonds is 4. The number of para-hydroxylation sites is 1. The van der Waals surface area contributed by atoms with E-state index in [2.05, 4.69) is 5.10 Å². The quantitative estimate of drug-likeness (QED) is 0.471. The van der Waals surface area contributed by atoms with Crippen LogP contribution in [0.2, 0.25) is 0 Å². The first kappa shape index (κ1) is 18.1. The fourth-order valence-corrected chi connectivity index (χ4v) is 2.76. The van der Waals surface area contributed by atoms with Crippen LogP contribution in [0.5, 0.6) is 0 Å². The molecule has 5 nitrogen and oxygen atoms in total. The van der Waals surface area contributed by atoms with Crippen LogP contribution in [0.25, 0.3) is 22.4 Å². The molecule has 0 N–H and O–H groups in total. The molecule has 0 amide bonds. The van der Waals surface area contributed by atoms with Crippen molar-refractivity contribution in [3.05, 3.63) is 78.1 Å². The predicted octanol–water partition coefficient (Wildman–Crippen LogP) is -0.288. The van der Waals surface area contributed by atoms with Crippen LogP contribution >= 0.6 is 0 Å². The summed E-state index contributed by atoms with van der Waals surface area (Å²) in [4.78, 5) is 10.9. The van der Waals surface area contributed by atoms with E-state index in [4.69, 9.17) is 4.42 Å². The molecule has 0 unspecified atom stereocenters. The summed E-state index contributed by atoms with van der Waals surface area (Å²) in [7, 11) is 0. The first-order chi connectivity index (χ1) is 11.7. The van der Waals surface area contributed by atoms with Gasteiger partial charge < -0.3 is 14.3 Å². The minimum atomic E-state index is -1.34. The molecule has 0 bridgehead atoms. The Morgan fingerprint density at radius 3 is 2.44 bits per heavy atom. The molecule has 0 spiro atoms. The van der Waals surface area contributed by atoms with Crippen LogP contribution < -0.4 is 56.5 Å². The standard InChI is InChI=1S/C19H14N2O3.K/c22-19(23)17-11-10-16(24-17)18-14-8-4-5-9-15(14)21(20-18)12-13-6-2-1-3-7-13;/h1-11H,12H2,(H,22,23);/q;+1/p-1. The van der Waals surface area contributed by atoms with Crippen LogP contribution in [-0.2, 0) is 6.54 Å². The molecule has 4 rings (SSSR count). The topological polar surface area (TPSA) is 71.1 Å². The van der Waals surface area contributed by atoms with Crippen molar-refractivity contribution in [1.29, 1.82) is 0 Å². The van der Waals surface area contributed by atoms with Crippen LogP contribution in [0.4, 0.5) is 0 Å². The van der Waals surface area contributed by atoms with E-state index in [0.29, 0.717) is 18.0 Å². The monoisotopic (exact) mass is 356 g/mol. The summed E-state index contributed by atoms with van der Waals surface area (Å²) in [5.41, 5.74) is 2.71. The van der Waals surface area contributed by atoms with E-state index < -0.39 is 5.97 Å². The van der Waals surface area contributed by atoms with E-state index in [1.165, 1.54) is 6.07 Å². The molecule has 4 aromatic rings. The fourth-order valence-electron chi connectivity index (χ4n) is 2.76. The SMILES string of the molecule is O=C([O-])c1ccc(-c2nn(Cc3ccccc3)c3ccccc23)o1.[K+]. The van der Waals surface area contributed by atoms with Gasteiger partial charge in [0.25, 0.3) is 0 Å². The third-order valence-electron chi connectivity index (χ3n) is 3.87.